The van der Waals surface area contributed by atoms with E-state index in [1.807, 2.05) is 0 Å². The van der Waals surface area contributed by atoms with Crippen LogP contribution in [0.25, 0.3) is 10.8 Å². The smallest absolute Gasteiger partial charge is 0.0560 e. The molecular weight excluding hydrogens is 290 g/mol. The minimum absolute atomic E-state index is 0.367. The van der Waals surface area contributed by atoms with E-state index in [0.29, 0.717) is 17.9 Å². The van der Waals surface area contributed by atoms with Crippen LogP contribution in [0.5, 0.6) is 0 Å². The van der Waals surface area contributed by atoms with E-state index in [0.717, 1.165) is 6.42 Å². The van der Waals surface area contributed by atoms with E-state index in [2.05, 4.69) is 85.1 Å². The zero-order valence-electron chi connectivity index (χ0n) is 13.9. The Labute approximate surface area is 143 Å². The number of allylic oxidation sites excluding steroid dienone is 2. The van der Waals surface area contributed by atoms with Crippen LogP contribution in [0.4, 0.5) is 5.69 Å². The van der Waals surface area contributed by atoms with Gasteiger partial charge in [0.1, 0.15) is 0 Å². The van der Waals surface area contributed by atoms with E-state index in [9.17, 15) is 0 Å². The monoisotopic (exact) mass is 311 g/mol. The largest absolute Gasteiger partial charge is 0.378 e. The number of nitrogens with one attached hydrogen (secondary N) is 1. The van der Waals surface area contributed by atoms with Gasteiger partial charge in [0, 0.05) is 11.6 Å². The van der Waals surface area contributed by atoms with Crippen LogP contribution in [-0.4, -0.2) is 0 Å². The highest BCUT2D eigenvalue weighted by atomic mass is 15.0. The molecule has 2 aliphatic rings. The van der Waals surface area contributed by atoms with Crippen molar-refractivity contribution in [3.63, 3.8) is 0 Å². The van der Waals surface area contributed by atoms with E-state index in [4.69, 9.17) is 0 Å². The van der Waals surface area contributed by atoms with Gasteiger partial charge in [0.25, 0.3) is 0 Å². The number of hydrogen-bond acceptors (Lipinski definition) is 1. The Morgan fingerprint density at radius 1 is 0.917 bits per heavy atom. The van der Waals surface area contributed by atoms with Crippen molar-refractivity contribution in [3.05, 3.63) is 89.5 Å². The van der Waals surface area contributed by atoms with Crippen molar-refractivity contribution < 1.29 is 0 Å². The highest BCUT2D eigenvalue weighted by Gasteiger charge is 2.38. The predicted octanol–water partition coefficient (Wildman–Crippen LogP) is 5.97. The summed E-state index contributed by atoms with van der Waals surface area (Å²) in [6, 6.07) is 22.6. The molecule has 3 atom stereocenters. The number of anilines is 1. The SMILES string of the molecule is Cc1ccc2c(c1)C1C=CCC1C(c1cccc3ccccc13)N2. The van der Waals surface area contributed by atoms with Gasteiger partial charge in [-0.25, -0.2) is 0 Å². The molecule has 1 nitrogen and oxygen atoms in total. The van der Waals surface area contributed by atoms with Gasteiger partial charge >= 0.3 is 0 Å². The molecule has 1 heteroatoms. The highest BCUT2D eigenvalue weighted by molar-refractivity contribution is 5.86. The first-order valence-corrected chi connectivity index (χ1v) is 8.83. The first-order chi connectivity index (χ1) is 11.8. The fourth-order valence-corrected chi connectivity index (χ4v) is 4.54. The third-order valence-electron chi connectivity index (χ3n) is 5.68. The Bertz CT molecular complexity index is 948. The Morgan fingerprint density at radius 3 is 2.75 bits per heavy atom. The van der Waals surface area contributed by atoms with Crippen LogP contribution < -0.4 is 5.32 Å². The number of benzene rings is 3. The molecule has 24 heavy (non-hydrogen) atoms. The molecule has 0 fully saturated rings. The zero-order valence-corrected chi connectivity index (χ0v) is 13.9. The van der Waals surface area contributed by atoms with Crippen molar-refractivity contribution >= 4 is 16.5 Å². The number of rotatable bonds is 1. The maximum absolute atomic E-state index is 3.86. The maximum Gasteiger partial charge on any atom is 0.0560 e. The van der Waals surface area contributed by atoms with Crippen LogP contribution in [0.1, 0.15) is 35.1 Å². The highest BCUT2D eigenvalue weighted by Crippen LogP contribution is 2.50. The zero-order chi connectivity index (χ0) is 16.1. The van der Waals surface area contributed by atoms with Gasteiger partial charge in [-0.15, -0.1) is 0 Å². The van der Waals surface area contributed by atoms with Crippen LogP contribution in [0, 0.1) is 12.8 Å². The van der Waals surface area contributed by atoms with Crippen molar-refractivity contribution in [1.82, 2.24) is 0 Å². The van der Waals surface area contributed by atoms with Crippen LogP contribution in [0.2, 0.25) is 0 Å². The molecule has 0 spiro atoms. The van der Waals surface area contributed by atoms with Gasteiger partial charge in [0.05, 0.1) is 6.04 Å². The summed E-state index contributed by atoms with van der Waals surface area (Å²) >= 11 is 0. The molecule has 5 rings (SSSR count). The topological polar surface area (TPSA) is 12.0 Å². The molecule has 3 unspecified atom stereocenters. The van der Waals surface area contributed by atoms with Crippen molar-refractivity contribution in [2.75, 3.05) is 5.32 Å². The maximum atomic E-state index is 3.86. The lowest BCUT2D eigenvalue weighted by Crippen LogP contribution is -2.29. The molecule has 1 heterocycles. The average molecular weight is 311 g/mol. The van der Waals surface area contributed by atoms with Crippen molar-refractivity contribution in [2.45, 2.75) is 25.3 Å². The molecule has 0 radical (unpaired) electrons. The van der Waals surface area contributed by atoms with Gasteiger partial charge in [0.15, 0.2) is 0 Å². The van der Waals surface area contributed by atoms with Gasteiger partial charge < -0.3 is 5.32 Å². The fraction of sp³-hybridized carbons (Fsp3) is 0.217. The first-order valence-electron chi connectivity index (χ1n) is 8.83. The Balaban J connectivity index is 1.68. The quantitative estimate of drug-likeness (QED) is 0.545. The summed E-state index contributed by atoms with van der Waals surface area (Å²) in [5.74, 6) is 1.13. The summed E-state index contributed by atoms with van der Waals surface area (Å²) in [7, 11) is 0. The van der Waals surface area contributed by atoms with Crippen molar-refractivity contribution in [2.24, 2.45) is 5.92 Å². The third-order valence-corrected chi connectivity index (χ3v) is 5.68. The summed E-state index contributed by atoms with van der Waals surface area (Å²) in [5, 5.41) is 6.57. The molecule has 1 aliphatic heterocycles. The third kappa shape index (κ3) is 2.01. The molecule has 0 bridgehead atoms. The Kier molecular flexibility index (Phi) is 3.02. The van der Waals surface area contributed by atoms with Crippen LogP contribution >= 0.6 is 0 Å². The molecule has 0 amide bonds. The van der Waals surface area contributed by atoms with Crippen LogP contribution in [0.3, 0.4) is 0 Å². The Hall–Kier alpha value is -2.54. The van der Waals surface area contributed by atoms with Gasteiger partial charge in [-0.05, 0) is 47.2 Å². The molecule has 3 aromatic rings. The van der Waals surface area contributed by atoms with Gasteiger partial charge in [-0.1, -0.05) is 72.3 Å². The standard InChI is InChI=1S/C23H21N/c1-15-12-13-22-21(14-15)18-9-5-11-20(18)23(24-22)19-10-4-7-16-6-2-3-8-17(16)19/h2-10,12-14,18,20,23-24H,11H2,1H3. The van der Waals surface area contributed by atoms with Crippen LogP contribution in [0.15, 0.2) is 72.8 Å². The van der Waals surface area contributed by atoms with E-state index < -0.39 is 0 Å². The number of fused-ring (bicyclic) bond motifs is 4. The minimum Gasteiger partial charge on any atom is -0.378 e. The molecular formula is C23H21N. The molecule has 118 valence electrons. The molecule has 0 saturated heterocycles. The van der Waals surface area contributed by atoms with E-state index in [-0.39, 0.29) is 0 Å². The molecule has 1 aliphatic carbocycles. The average Bonchev–Trinajstić information content (AvgIpc) is 3.11. The van der Waals surface area contributed by atoms with Gasteiger partial charge in [0.2, 0.25) is 0 Å². The summed E-state index contributed by atoms with van der Waals surface area (Å²) in [4.78, 5) is 0. The van der Waals surface area contributed by atoms with Crippen molar-refractivity contribution in [1.29, 1.82) is 0 Å². The van der Waals surface area contributed by atoms with Gasteiger partial charge in [-0.2, -0.15) is 0 Å². The predicted molar refractivity (Wildman–Crippen MR) is 101 cm³/mol. The van der Waals surface area contributed by atoms with E-state index in [1.165, 1.54) is 33.2 Å². The second kappa shape index (κ2) is 5.24. The van der Waals surface area contributed by atoms with Gasteiger partial charge in [-0.3, -0.25) is 0 Å². The molecule has 0 saturated carbocycles. The molecule has 1 N–H and O–H groups in total. The number of aryl methyl sites for hydroxylation is 1. The lowest BCUT2D eigenvalue weighted by Gasteiger charge is -2.38. The van der Waals surface area contributed by atoms with E-state index in [1.54, 1.807) is 0 Å². The summed E-state index contributed by atoms with van der Waals surface area (Å²) in [6.45, 7) is 2.19. The second-order valence-corrected chi connectivity index (χ2v) is 7.13. The Morgan fingerprint density at radius 2 is 1.79 bits per heavy atom. The second-order valence-electron chi connectivity index (χ2n) is 7.13. The summed E-state index contributed by atoms with van der Waals surface area (Å²) in [5.41, 5.74) is 5.54. The van der Waals surface area contributed by atoms with E-state index >= 15 is 0 Å². The first kappa shape index (κ1) is 13.9. The summed E-state index contributed by atoms with van der Waals surface area (Å²) in [6.07, 6.45) is 5.94. The summed E-state index contributed by atoms with van der Waals surface area (Å²) < 4.78 is 0. The molecule has 3 aromatic carbocycles. The lowest BCUT2D eigenvalue weighted by atomic mass is 9.76. The normalized spacial score (nSPS) is 24.5. The minimum atomic E-state index is 0.367. The van der Waals surface area contributed by atoms with Crippen LogP contribution in [-0.2, 0) is 0 Å². The number of hydrogen-bond donors (Lipinski definition) is 1. The van der Waals surface area contributed by atoms with Crippen molar-refractivity contribution in [3.8, 4) is 0 Å². The molecule has 0 aromatic heterocycles. The lowest BCUT2D eigenvalue weighted by molar-refractivity contribution is 0.427. The fourth-order valence-electron chi connectivity index (χ4n) is 4.54.